The Hall–Kier alpha value is -4.75. The number of aliphatic hydroxyl groups excluding tert-OH is 1. The number of aliphatic hydroxyl groups is 1. The van der Waals surface area contributed by atoms with Crippen LogP contribution in [0.15, 0.2) is 54.9 Å². The molecule has 5 rings (SSSR count). The number of benzene rings is 2. The summed E-state index contributed by atoms with van der Waals surface area (Å²) in [5.41, 5.74) is 4.50. The SMILES string of the molecule is Cc1ccc(NC(=O)[C@H](Cc2cccc(-c3cnc(N4CCN(C(=O)OC(C)(C)C)CC4)nc3)c2)N[C@H](O)C2CCC(CNC(=O)OC(C)(C)C)CC2)cc1C. The molecule has 0 unspecified atom stereocenters. The van der Waals surface area contributed by atoms with E-state index >= 15 is 0 Å². The van der Waals surface area contributed by atoms with Gasteiger partial charge in [0.05, 0.1) is 6.04 Å². The molecule has 0 bridgehead atoms. The highest BCUT2D eigenvalue weighted by Gasteiger charge is 2.31. The van der Waals surface area contributed by atoms with Gasteiger partial charge in [0.25, 0.3) is 0 Å². The van der Waals surface area contributed by atoms with Crippen molar-refractivity contribution in [2.45, 2.75) is 111 Å². The summed E-state index contributed by atoms with van der Waals surface area (Å²) in [6, 6.07) is 13.1. The zero-order chi connectivity index (χ0) is 40.6. The molecule has 2 atom stereocenters. The first-order chi connectivity index (χ1) is 26.4. The number of carbonyl (C=O) groups is 3. The van der Waals surface area contributed by atoms with Crippen molar-refractivity contribution in [1.82, 2.24) is 25.5 Å². The lowest BCUT2D eigenvalue weighted by molar-refractivity contribution is -0.119. The van der Waals surface area contributed by atoms with Gasteiger partial charge in [-0.05, 0) is 134 Å². The summed E-state index contributed by atoms with van der Waals surface area (Å²) in [4.78, 5) is 51.7. The minimum atomic E-state index is -0.889. The maximum absolute atomic E-state index is 13.9. The molecule has 2 aliphatic rings. The number of carbonyl (C=O) groups excluding carboxylic acids is 3. The van der Waals surface area contributed by atoms with Gasteiger partial charge < -0.3 is 35.0 Å². The van der Waals surface area contributed by atoms with Gasteiger partial charge in [0.2, 0.25) is 11.9 Å². The van der Waals surface area contributed by atoms with E-state index in [-0.39, 0.29) is 17.9 Å². The second kappa shape index (κ2) is 18.5. The maximum Gasteiger partial charge on any atom is 0.410 e. The summed E-state index contributed by atoms with van der Waals surface area (Å²) < 4.78 is 10.9. The fourth-order valence-electron chi connectivity index (χ4n) is 7.03. The molecule has 2 heterocycles. The van der Waals surface area contributed by atoms with Crippen LogP contribution in [0.25, 0.3) is 11.1 Å². The highest BCUT2D eigenvalue weighted by molar-refractivity contribution is 5.95. The van der Waals surface area contributed by atoms with Crippen molar-refractivity contribution >= 4 is 29.7 Å². The Balaban J connectivity index is 1.22. The number of hydrogen-bond acceptors (Lipinski definition) is 10. The molecule has 13 nitrogen and oxygen atoms in total. The van der Waals surface area contributed by atoms with Crippen LogP contribution in [0.5, 0.6) is 0 Å². The molecule has 304 valence electrons. The predicted octanol–water partition coefficient (Wildman–Crippen LogP) is 6.61. The molecule has 1 aliphatic carbocycles. The van der Waals surface area contributed by atoms with E-state index in [1.165, 1.54) is 0 Å². The first kappa shape index (κ1) is 42.4. The number of nitrogens with one attached hydrogen (secondary N) is 3. The third-order valence-electron chi connectivity index (χ3n) is 10.3. The van der Waals surface area contributed by atoms with E-state index in [9.17, 15) is 19.5 Å². The smallest absolute Gasteiger partial charge is 0.410 e. The van der Waals surface area contributed by atoms with Gasteiger partial charge in [0.1, 0.15) is 17.4 Å². The normalized spacial score (nSPS) is 18.8. The van der Waals surface area contributed by atoms with Crippen LogP contribution in [-0.2, 0) is 20.7 Å². The molecule has 1 aromatic heterocycles. The Morgan fingerprint density at radius 2 is 1.50 bits per heavy atom. The first-order valence-electron chi connectivity index (χ1n) is 19.9. The fourth-order valence-corrected chi connectivity index (χ4v) is 7.03. The second-order valence-corrected chi connectivity index (χ2v) is 17.2. The van der Waals surface area contributed by atoms with Crippen molar-refractivity contribution in [3.05, 3.63) is 71.5 Å². The van der Waals surface area contributed by atoms with E-state index in [4.69, 9.17) is 9.47 Å². The highest BCUT2D eigenvalue weighted by Crippen LogP contribution is 2.31. The number of amides is 3. The third kappa shape index (κ3) is 12.6. The van der Waals surface area contributed by atoms with E-state index in [0.29, 0.717) is 56.7 Å². The molecule has 2 aromatic carbocycles. The monoisotopic (exact) mass is 771 g/mol. The lowest BCUT2D eigenvalue weighted by atomic mass is 9.81. The standard InChI is InChI=1S/C43H61N7O6/c1-28-12-17-35(22-29(28)2)47-38(52)36(48-37(51)32-15-13-30(14-16-32)25-46-40(53)55-42(3,4)5)24-31-10-9-11-33(23-31)34-26-44-39(45-27-34)49-18-20-50(21-19-49)41(54)56-43(6,7)8/h9-12,17,22-23,26-27,30,32,36-37,48,51H,13-16,18-21,24-25H2,1-8H3,(H,46,53)(H,47,52)/t30?,32?,36-,37+/m0/s1. The number of nitrogens with zero attached hydrogens (tertiary/aromatic N) is 4. The van der Waals surface area contributed by atoms with E-state index < -0.39 is 29.6 Å². The van der Waals surface area contributed by atoms with E-state index in [0.717, 1.165) is 53.5 Å². The molecule has 56 heavy (non-hydrogen) atoms. The lowest BCUT2D eigenvalue weighted by Gasteiger charge is -2.35. The average molecular weight is 772 g/mol. The van der Waals surface area contributed by atoms with Crippen molar-refractivity contribution in [2.75, 3.05) is 42.9 Å². The second-order valence-electron chi connectivity index (χ2n) is 17.2. The highest BCUT2D eigenvalue weighted by atomic mass is 16.6. The maximum atomic E-state index is 13.9. The molecule has 1 saturated carbocycles. The third-order valence-corrected chi connectivity index (χ3v) is 10.3. The van der Waals surface area contributed by atoms with Gasteiger partial charge in [-0.3, -0.25) is 10.1 Å². The minimum absolute atomic E-state index is 0.0352. The quantitative estimate of drug-likeness (QED) is 0.157. The number of aromatic nitrogens is 2. The summed E-state index contributed by atoms with van der Waals surface area (Å²) in [5.74, 6) is 0.632. The molecular weight excluding hydrogens is 711 g/mol. The molecule has 4 N–H and O–H groups in total. The summed E-state index contributed by atoms with van der Waals surface area (Å²) in [6.45, 7) is 17.9. The summed E-state index contributed by atoms with van der Waals surface area (Å²) in [6.07, 6.45) is 5.57. The number of aryl methyl sites for hydroxylation is 2. The molecule has 2 fully saturated rings. The molecule has 3 amide bonds. The van der Waals surface area contributed by atoms with Crippen molar-refractivity contribution in [3.8, 4) is 11.1 Å². The summed E-state index contributed by atoms with van der Waals surface area (Å²) in [7, 11) is 0. The van der Waals surface area contributed by atoms with Gasteiger partial charge in [0.15, 0.2) is 0 Å². The predicted molar refractivity (Wildman–Crippen MR) is 218 cm³/mol. The van der Waals surface area contributed by atoms with Crippen LogP contribution < -0.4 is 20.9 Å². The van der Waals surface area contributed by atoms with Gasteiger partial charge in [-0.2, -0.15) is 0 Å². The number of piperazine rings is 1. The van der Waals surface area contributed by atoms with Gasteiger partial charge in [-0.25, -0.2) is 19.6 Å². The Bertz CT molecular complexity index is 1790. The van der Waals surface area contributed by atoms with Gasteiger partial charge in [0, 0.05) is 56.4 Å². The Morgan fingerprint density at radius 1 is 0.839 bits per heavy atom. The Morgan fingerprint density at radius 3 is 2.12 bits per heavy atom. The van der Waals surface area contributed by atoms with Gasteiger partial charge in [-0.15, -0.1) is 0 Å². The molecule has 1 aliphatic heterocycles. The average Bonchev–Trinajstić information content (AvgIpc) is 3.14. The Labute approximate surface area is 332 Å². The van der Waals surface area contributed by atoms with E-state index in [1.807, 2.05) is 97.9 Å². The van der Waals surface area contributed by atoms with Gasteiger partial charge >= 0.3 is 12.2 Å². The van der Waals surface area contributed by atoms with Crippen LogP contribution in [0.1, 0.15) is 83.9 Å². The lowest BCUT2D eigenvalue weighted by Crippen LogP contribution is -2.50. The van der Waals surface area contributed by atoms with Crippen molar-refractivity contribution in [1.29, 1.82) is 0 Å². The van der Waals surface area contributed by atoms with Crippen LogP contribution in [0.4, 0.5) is 21.2 Å². The molecule has 13 heteroatoms. The number of hydrogen-bond donors (Lipinski definition) is 4. The topological polar surface area (TPSA) is 158 Å². The van der Waals surface area contributed by atoms with Crippen molar-refractivity contribution in [3.63, 3.8) is 0 Å². The Kier molecular flexibility index (Phi) is 14.0. The van der Waals surface area contributed by atoms with Crippen LogP contribution in [0.3, 0.4) is 0 Å². The molecular formula is C43H61N7O6. The van der Waals surface area contributed by atoms with E-state index in [2.05, 4.69) is 30.8 Å². The number of anilines is 2. The molecule has 1 saturated heterocycles. The van der Waals surface area contributed by atoms with Crippen LogP contribution in [0.2, 0.25) is 0 Å². The summed E-state index contributed by atoms with van der Waals surface area (Å²) >= 11 is 0. The van der Waals surface area contributed by atoms with Crippen LogP contribution in [0, 0.1) is 25.7 Å². The zero-order valence-corrected chi connectivity index (χ0v) is 34.4. The van der Waals surface area contributed by atoms with Crippen LogP contribution >= 0.6 is 0 Å². The van der Waals surface area contributed by atoms with Crippen molar-refractivity contribution < 1.29 is 29.0 Å². The minimum Gasteiger partial charge on any atom is -0.444 e. The number of rotatable bonds is 11. The first-order valence-corrected chi connectivity index (χ1v) is 19.9. The fraction of sp³-hybridized carbons (Fsp3) is 0.558. The van der Waals surface area contributed by atoms with Crippen LogP contribution in [-0.4, -0.2) is 94.3 Å². The van der Waals surface area contributed by atoms with Crippen molar-refractivity contribution in [2.24, 2.45) is 11.8 Å². The number of ether oxygens (including phenoxy) is 2. The largest absolute Gasteiger partial charge is 0.444 e. The molecule has 0 spiro atoms. The molecule has 3 aromatic rings. The molecule has 0 radical (unpaired) electrons. The summed E-state index contributed by atoms with van der Waals surface area (Å²) in [5, 5.41) is 20.7. The van der Waals surface area contributed by atoms with Gasteiger partial charge in [-0.1, -0.05) is 30.3 Å². The number of alkyl carbamates (subject to hydrolysis) is 1. The zero-order valence-electron chi connectivity index (χ0n) is 34.4. The van der Waals surface area contributed by atoms with E-state index in [1.54, 1.807) is 17.3 Å².